The van der Waals surface area contributed by atoms with Gasteiger partial charge in [-0.05, 0) is 36.2 Å². The molecule has 0 saturated carbocycles. The van der Waals surface area contributed by atoms with Gasteiger partial charge in [-0.3, -0.25) is 9.59 Å². The lowest BCUT2D eigenvalue weighted by Crippen LogP contribution is -2.31. The normalized spacial score (nSPS) is 10.8. The van der Waals surface area contributed by atoms with E-state index in [9.17, 15) is 22.8 Å². The number of pyridine rings is 1. The summed E-state index contributed by atoms with van der Waals surface area (Å²) >= 11 is 0. The zero-order chi connectivity index (χ0) is 25.3. The first-order valence-electron chi connectivity index (χ1n) is 10.6. The van der Waals surface area contributed by atoms with Crippen LogP contribution >= 0.6 is 0 Å². The minimum absolute atomic E-state index is 0.0837. The van der Waals surface area contributed by atoms with E-state index in [1.807, 2.05) is 42.0 Å². The molecule has 0 atom stereocenters. The molecule has 1 aromatic heterocycles. The van der Waals surface area contributed by atoms with Crippen LogP contribution in [0.2, 0.25) is 0 Å². The fourth-order valence-electron chi connectivity index (χ4n) is 2.80. The number of carbonyl (C=O) groups excluding carboxylic acids is 3. The second-order valence-corrected chi connectivity index (χ2v) is 8.90. The lowest BCUT2D eigenvalue weighted by Gasteiger charge is -2.10. The van der Waals surface area contributed by atoms with Gasteiger partial charge in [-0.2, -0.15) is 0 Å². The predicted molar refractivity (Wildman–Crippen MR) is 125 cm³/mol. The van der Waals surface area contributed by atoms with Gasteiger partial charge in [0.15, 0.2) is 0 Å². The molecule has 2 aromatic carbocycles. The van der Waals surface area contributed by atoms with Gasteiger partial charge >= 0.3 is 6.16 Å². The van der Waals surface area contributed by atoms with Crippen molar-refractivity contribution in [1.29, 1.82) is 0 Å². The highest BCUT2D eigenvalue weighted by Gasteiger charge is 2.21. The molecule has 0 bridgehead atoms. The van der Waals surface area contributed by atoms with Crippen LogP contribution in [0.1, 0.15) is 39.6 Å². The molecule has 182 valence electrons. The molecule has 0 spiro atoms. The Labute approximate surface area is 202 Å². The van der Waals surface area contributed by atoms with E-state index in [2.05, 4.69) is 10.3 Å². The van der Waals surface area contributed by atoms with Crippen molar-refractivity contribution in [3.63, 3.8) is 0 Å². The summed E-state index contributed by atoms with van der Waals surface area (Å²) in [6, 6.07) is 17.0. The molecule has 0 fully saturated rings. The van der Waals surface area contributed by atoms with Crippen LogP contribution in [0.4, 0.5) is 4.79 Å². The van der Waals surface area contributed by atoms with Crippen LogP contribution in [0.3, 0.4) is 0 Å². The van der Waals surface area contributed by atoms with Crippen molar-refractivity contribution in [2.45, 2.75) is 24.8 Å². The van der Waals surface area contributed by atoms with Crippen LogP contribution in [-0.4, -0.2) is 38.0 Å². The molecule has 10 nitrogen and oxygen atoms in total. The third-order valence-corrected chi connectivity index (χ3v) is 5.87. The SMILES string of the molecule is CCCOC(=O)Oc1ccc(C(=O)NS(=O)(=O)c2cccc(C(=O)NCc3ccccc3)c2)cn1. The number of hydrogen-bond acceptors (Lipinski definition) is 8. The Morgan fingerprint density at radius 1 is 0.914 bits per heavy atom. The molecule has 0 unspecified atom stereocenters. The van der Waals surface area contributed by atoms with Crippen LogP contribution in [0.15, 0.2) is 77.8 Å². The first kappa shape index (κ1) is 25.4. The van der Waals surface area contributed by atoms with Gasteiger partial charge in [0.1, 0.15) is 0 Å². The Morgan fingerprint density at radius 2 is 1.69 bits per heavy atom. The lowest BCUT2D eigenvalue weighted by molar-refractivity contribution is 0.0946. The Morgan fingerprint density at radius 3 is 2.37 bits per heavy atom. The summed E-state index contributed by atoms with van der Waals surface area (Å²) in [5.41, 5.74) is 0.925. The summed E-state index contributed by atoms with van der Waals surface area (Å²) in [6.07, 6.45) is 0.741. The fraction of sp³-hybridized carbons (Fsp3) is 0.167. The van der Waals surface area contributed by atoms with Crippen molar-refractivity contribution in [3.8, 4) is 5.88 Å². The van der Waals surface area contributed by atoms with E-state index in [4.69, 9.17) is 9.47 Å². The zero-order valence-electron chi connectivity index (χ0n) is 18.8. The standard InChI is InChI=1S/C24H23N3O7S/c1-2-13-33-24(30)34-21-12-11-19(16-25-21)23(29)27-35(31,32)20-10-6-9-18(14-20)22(28)26-15-17-7-4-3-5-8-17/h3-12,14,16H,2,13,15H2,1H3,(H,26,28)(H,27,29). The van der Waals surface area contributed by atoms with Crippen molar-refractivity contribution in [2.75, 3.05) is 6.61 Å². The third-order valence-electron chi connectivity index (χ3n) is 4.54. The fourth-order valence-corrected chi connectivity index (χ4v) is 3.82. The second-order valence-electron chi connectivity index (χ2n) is 7.22. The summed E-state index contributed by atoms with van der Waals surface area (Å²) < 4.78 is 37.0. The summed E-state index contributed by atoms with van der Waals surface area (Å²) in [6.45, 7) is 2.29. The molecule has 0 radical (unpaired) electrons. The highest BCUT2D eigenvalue weighted by Crippen LogP contribution is 2.14. The van der Waals surface area contributed by atoms with Gasteiger partial charge in [-0.25, -0.2) is 22.9 Å². The number of nitrogens with zero attached hydrogens (tertiary/aromatic N) is 1. The Kier molecular flexibility index (Phi) is 8.52. The van der Waals surface area contributed by atoms with E-state index < -0.39 is 28.0 Å². The zero-order valence-corrected chi connectivity index (χ0v) is 19.6. The smallest absolute Gasteiger partial charge is 0.434 e. The van der Waals surface area contributed by atoms with Crippen LogP contribution in [0.5, 0.6) is 5.88 Å². The van der Waals surface area contributed by atoms with E-state index in [0.717, 1.165) is 11.8 Å². The van der Waals surface area contributed by atoms with E-state index in [1.54, 1.807) is 0 Å². The van der Waals surface area contributed by atoms with Crippen molar-refractivity contribution in [1.82, 2.24) is 15.0 Å². The number of ether oxygens (including phenoxy) is 2. The van der Waals surface area contributed by atoms with Gasteiger partial charge in [-0.1, -0.05) is 43.3 Å². The molecule has 2 amide bonds. The van der Waals surface area contributed by atoms with Crippen molar-refractivity contribution < 1.29 is 32.3 Å². The highest BCUT2D eigenvalue weighted by atomic mass is 32.2. The molecular weight excluding hydrogens is 474 g/mol. The maximum atomic E-state index is 12.7. The van der Waals surface area contributed by atoms with E-state index in [-0.39, 0.29) is 35.1 Å². The molecule has 0 saturated heterocycles. The van der Waals surface area contributed by atoms with Gasteiger partial charge in [0.2, 0.25) is 5.88 Å². The number of amides is 2. The van der Waals surface area contributed by atoms with Crippen molar-refractivity contribution in [2.24, 2.45) is 0 Å². The van der Waals surface area contributed by atoms with E-state index >= 15 is 0 Å². The van der Waals surface area contributed by atoms with Crippen molar-refractivity contribution in [3.05, 3.63) is 89.6 Å². The second kappa shape index (κ2) is 11.7. The van der Waals surface area contributed by atoms with Gasteiger partial charge in [0, 0.05) is 24.4 Å². The van der Waals surface area contributed by atoms with Crippen LogP contribution < -0.4 is 14.8 Å². The van der Waals surface area contributed by atoms with Crippen molar-refractivity contribution >= 4 is 28.0 Å². The average molecular weight is 498 g/mol. The Hall–Kier alpha value is -4.25. The van der Waals surface area contributed by atoms with Crippen LogP contribution in [0, 0.1) is 0 Å². The van der Waals surface area contributed by atoms with Gasteiger partial charge < -0.3 is 14.8 Å². The molecule has 11 heteroatoms. The third kappa shape index (κ3) is 7.37. The maximum Gasteiger partial charge on any atom is 0.515 e. The topological polar surface area (TPSA) is 141 Å². The number of aromatic nitrogens is 1. The molecule has 3 aromatic rings. The van der Waals surface area contributed by atoms with Gasteiger partial charge in [-0.15, -0.1) is 0 Å². The number of rotatable bonds is 9. The van der Waals surface area contributed by atoms with Crippen LogP contribution in [0.25, 0.3) is 0 Å². The minimum atomic E-state index is -4.28. The first-order chi connectivity index (χ1) is 16.8. The van der Waals surface area contributed by atoms with Gasteiger partial charge in [0.25, 0.3) is 21.8 Å². The van der Waals surface area contributed by atoms with E-state index in [0.29, 0.717) is 6.42 Å². The Balaban J connectivity index is 1.63. The highest BCUT2D eigenvalue weighted by molar-refractivity contribution is 7.90. The molecule has 0 aliphatic rings. The maximum absolute atomic E-state index is 12.7. The van der Waals surface area contributed by atoms with Crippen LogP contribution in [-0.2, 0) is 21.3 Å². The molecular formula is C24H23N3O7S. The monoisotopic (exact) mass is 497 g/mol. The molecule has 0 aliphatic carbocycles. The number of nitrogens with one attached hydrogen (secondary N) is 2. The summed E-state index contributed by atoms with van der Waals surface area (Å²) in [5, 5.41) is 2.72. The number of sulfonamides is 1. The summed E-state index contributed by atoms with van der Waals surface area (Å²) in [5.74, 6) is -1.52. The number of benzene rings is 2. The summed E-state index contributed by atoms with van der Waals surface area (Å²) in [7, 11) is -4.28. The molecule has 2 N–H and O–H groups in total. The molecule has 0 aliphatic heterocycles. The summed E-state index contributed by atoms with van der Waals surface area (Å²) in [4.78, 5) is 39.9. The minimum Gasteiger partial charge on any atom is -0.434 e. The number of hydrogen-bond donors (Lipinski definition) is 2. The largest absolute Gasteiger partial charge is 0.515 e. The van der Waals surface area contributed by atoms with Gasteiger partial charge in [0.05, 0.1) is 17.1 Å². The molecule has 1 heterocycles. The quantitative estimate of drug-likeness (QED) is 0.430. The lowest BCUT2D eigenvalue weighted by atomic mass is 10.2. The molecule has 35 heavy (non-hydrogen) atoms. The number of carbonyl (C=O) groups is 3. The first-order valence-corrected chi connectivity index (χ1v) is 12.1. The van der Waals surface area contributed by atoms with E-state index in [1.165, 1.54) is 36.4 Å². The predicted octanol–water partition coefficient (Wildman–Crippen LogP) is 3.06. The Bertz CT molecular complexity index is 1290. The molecule has 3 rings (SSSR count). The average Bonchev–Trinajstić information content (AvgIpc) is 2.87.